The maximum atomic E-state index is 13.4. The van der Waals surface area contributed by atoms with Crippen LogP contribution in [0.5, 0.6) is 0 Å². The number of carbonyl (C=O) groups excluding carboxylic acids is 3. The molecule has 2 aromatic rings. The quantitative estimate of drug-likeness (QED) is 0.372. The number of aromatic nitrogens is 1. The standard InChI is InChI=1S/C25H27N3O6S2/c26-34-23(30)12-17-13-35-25(27-17)28-24(31)21(10-14-1-5-18(29)9-14)16-4-8-22(20(11-16)15-2-3-15)36(32,33)19-6-7-19/h4,8,10-11,13-15,19H,1-3,5-7,9,12,26H2,(H,27,28,31)/b21-10+/t14-/m0/s1. The molecule has 1 heterocycles. The third-order valence-electron chi connectivity index (χ3n) is 6.77. The second-order valence-corrected chi connectivity index (χ2v) is 12.7. The van der Waals surface area contributed by atoms with Gasteiger partial charge in [-0.1, -0.05) is 12.1 Å². The number of amides is 1. The lowest BCUT2D eigenvalue weighted by Crippen LogP contribution is -2.16. The number of nitrogens with two attached hydrogens (primary N) is 1. The maximum Gasteiger partial charge on any atom is 0.330 e. The first-order valence-corrected chi connectivity index (χ1v) is 14.4. The highest BCUT2D eigenvalue weighted by atomic mass is 32.2. The number of Topliss-reactive ketones (excluding diaryl/α,β-unsaturated/α-hetero) is 1. The summed E-state index contributed by atoms with van der Waals surface area (Å²) in [4.78, 5) is 45.5. The van der Waals surface area contributed by atoms with Crippen LogP contribution < -0.4 is 11.2 Å². The number of hydrogen-bond donors (Lipinski definition) is 2. The van der Waals surface area contributed by atoms with Crippen LogP contribution in [0.15, 0.2) is 34.6 Å². The minimum Gasteiger partial charge on any atom is -0.373 e. The van der Waals surface area contributed by atoms with Gasteiger partial charge in [-0.2, -0.15) is 5.90 Å². The van der Waals surface area contributed by atoms with E-state index >= 15 is 0 Å². The molecule has 1 atom stereocenters. The Morgan fingerprint density at radius 2 is 1.97 bits per heavy atom. The molecule has 0 bridgehead atoms. The van der Waals surface area contributed by atoms with E-state index in [4.69, 9.17) is 5.90 Å². The molecular weight excluding hydrogens is 502 g/mol. The number of carbonyl (C=O) groups is 3. The lowest BCUT2D eigenvalue weighted by atomic mass is 9.96. The van der Waals surface area contributed by atoms with Gasteiger partial charge in [0.1, 0.15) is 5.78 Å². The largest absolute Gasteiger partial charge is 0.373 e. The Kier molecular flexibility index (Phi) is 6.80. The normalized spacial score (nSPS) is 20.4. The van der Waals surface area contributed by atoms with Crippen LogP contribution in [0, 0.1) is 5.92 Å². The van der Waals surface area contributed by atoms with Crippen LogP contribution in [-0.4, -0.2) is 36.3 Å². The molecule has 3 aliphatic carbocycles. The van der Waals surface area contributed by atoms with Gasteiger partial charge in [0.25, 0.3) is 5.91 Å². The Morgan fingerprint density at radius 3 is 2.61 bits per heavy atom. The number of allylic oxidation sites excluding steroid dienone is 1. The summed E-state index contributed by atoms with van der Waals surface area (Å²) in [5.74, 6) is 4.11. The van der Waals surface area contributed by atoms with E-state index in [2.05, 4.69) is 15.1 Å². The maximum absolute atomic E-state index is 13.4. The predicted octanol–water partition coefficient (Wildman–Crippen LogP) is 3.31. The highest BCUT2D eigenvalue weighted by Gasteiger charge is 2.40. The molecule has 0 spiro atoms. The molecule has 1 amide bonds. The number of thiazole rings is 1. The van der Waals surface area contributed by atoms with Gasteiger partial charge in [0.05, 0.1) is 22.3 Å². The molecule has 36 heavy (non-hydrogen) atoms. The first-order chi connectivity index (χ1) is 17.2. The Balaban J connectivity index is 1.46. The molecule has 3 saturated carbocycles. The number of ketones is 1. The first kappa shape index (κ1) is 24.8. The van der Waals surface area contributed by atoms with Crippen LogP contribution in [0.2, 0.25) is 0 Å². The van der Waals surface area contributed by atoms with Crippen LogP contribution in [0.4, 0.5) is 5.13 Å². The number of anilines is 1. The summed E-state index contributed by atoms with van der Waals surface area (Å²) in [6, 6.07) is 5.16. The van der Waals surface area contributed by atoms with Crippen molar-refractivity contribution in [1.29, 1.82) is 0 Å². The summed E-state index contributed by atoms with van der Waals surface area (Å²) < 4.78 is 26.1. The molecule has 0 saturated heterocycles. The van der Waals surface area contributed by atoms with Crippen molar-refractivity contribution in [3.8, 4) is 0 Å². The van der Waals surface area contributed by atoms with Crippen LogP contribution in [0.1, 0.15) is 67.7 Å². The summed E-state index contributed by atoms with van der Waals surface area (Å²) in [5.41, 5.74) is 2.19. The second kappa shape index (κ2) is 9.87. The molecule has 0 aliphatic heterocycles. The zero-order valence-electron chi connectivity index (χ0n) is 19.6. The molecule has 1 aromatic carbocycles. The molecule has 0 unspecified atom stereocenters. The van der Waals surface area contributed by atoms with Gasteiger partial charge in [0, 0.05) is 23.8 Å². The van der Waals surface area contributed by atoms with Crippen molar-refractivity contribution in [2.24, 2.45) is 11.8 Å². The van der Waals surface area contributed by atoms with Crippen molar-refractivity contribution in [2.45, 2.75) is 67.4 Å². The van der Waals surface area contributed by atoms with Gasteiger partial charge in [-0.3, -0.25) is 14.9 Å². The molecule has 5 rings (SSSR count). The van der Waals surface area contributed by atoms with Crippen LogP contribution in [0.25, 0.3) is 5.57 Å². The molecule has 0 radical (unpaired) electrons. The van der Waals surface area contributed by atoms with Crippen molar-refractivity contribution in [3.63, 3.8) is 0 Å². The predicted molar refractivity (Wildman–Crippen MR) is 134 cm³/mol. The third kappa shape index (κ3) is 5.42. The molecule has 11 heteroatoms. The van der Waals surface area contributed by atoms with E-state index in [1.165, 1.54) is 11.3 Å². The van der Waals surface area contributed by atoms with Gasteiger partial charge >= 0.3 is 5.97 Å². The number of hydrogen-bond acceptors (Lipinski definition) is 9. The Hall–Kier alpha value is -2.89. The average molecular weight is 530 g/mol. The van der Waals surface area contributed by atoms with E-state index in [-0.39, 0.29) is 29.3 Å². The summed E-state index contributed by atoms with van der Waals surface area (Å²) in [6.07, 6.45) is 6.46. The number of nitrogens with one attached hydrogen (secondary N) is 1. The summed E-state index contributed by atoms with van der Waals surface area (Å²) >= 11 is 1.17. The topological polar surface area (TPSA) is 146 Å². The molecular formula is C25H27N3O6S2. The highest BCUT2D eigenvalue weighted by Crippen LogP contribution is 2.46. The fraction of sp³-hybridized carbons (Fsp3) is 0.440. The Morgan fingerprint density at radius 1 is 1.19 bits per heavy atom. The molecule has 190 valence electrons. The molecule has 9 nitrogen and oxygen atoms in total. The number of benzene rings is 1. The van der Waals surface area contributed by atoms with Crippen molar-refractivity contribution in [2.75, 3.05) is 5.32 Å². The van der Waals surface area contributed by atoms with Crippen molar-refractivity contribution >= 4 is 49.5 Å². The fourth-order valence-electron chi connectivity index (χ4n) is 4.57. The lowest BCUT2D eigenvalue weighted by Gasteiger charge is -2.15. The minimum atomic E-state index is -3.37. The summed E-state index contributed by atoms with van der Waals surface area (Å²) in [7, 11) is -3.37. The summed E-state index contributed by atoms with van der Waals surface area (Å²) in [5, 5.41) is 4.42. The fourth-order valence-corrected chi connectivity index (χ4v) is 7.20. The smallest absolute Gasteiger partial charge is 0.330 e. The van der Waals surface area contributed by atoms with Gasteiger partial charge in [0.15, 0.2) is 15.0 Å². The second-order valence-electron chi connectivity index (χ2n) is 9.66. The van der Waals surface area contributed by atoms with Crippen LogP contribution in [-0.2, 0) is 35.5 Å². The Bertz CT molecular complexity index is 1360. The monoisotopic (exact) mass is 529 g/mol. The minimum absolute atomic E-state index is 0.0660. The van der Waals surface area contributed by atoms with E-state index < -0.39 is 21.7 Å². The zero-order valence-corrected chi connectivity index (χ0v) is 21.2. The van der Waals surface area contributed by atoms with E-state index in [0.717, 1.165) is 18.4 Å². The summed E-state index contributed by atoms with van der Waals surface area (Å²) in [6.45, 7) is 0. The molecule has 3 aliphatic rings. The molecule has 3 N–H and O–H groups in total. The average Bonchev–Trinajstić information content (AvgIpc) is 3.78. The third-order valence-corrected chi connectivity index (χ3v) is 9.91. The number of rotatable bonds is 9. The van der Waals surface area contributed by atoms with Crippen molar-refractivity contribution < 1.29 is 27.6 Å². The van der Waals surface area contributed by atoms with Crippen molar-refractivity contribution in [3.05, 3.63) is 46.5 Å². The van der Waals surface area contributed by atoms with Gasteiger partial charge in [-0.25, -0.2) is 18.2 Å². The SMILES string of the molecule is NOC(=O)Cc1csc(NC(=O)/C(=C/[C@H]2CCC(=O)C2)c2ccc(S(=O)(=O)C3CC3)c(C3CC3)c2)n1. The van der Waals surface area contributed by atoms with Gasteiger partial charge in [-0.05, 0) is 67.2 Å². The van der Waals surface area contributed by atoms with Gasteiger partial charge in [-0.15, -0.1) is 11.3 Å². The lowest BCUT2D eigenvalue weighted by molar-refractivity contribution is -0.143. The molecule has 1 aromatic heterocycles. The van der Waals surface area contributed by atoms with Crippen LogP contribution >= 0.6 is 11.3 Å². The van der Waals surface area contributed by atoms with Gasteiger partial charge < -0.3 is 4.84 Å². The first-order valence-electron chi connectivity index (χ1n) is 12.0. The van der Waals surface area contributed by atoms with Crippen LogP contribution in [0.3, 0.4) is 0 Å². The number of sulfone groups is 1. The highest BCUT2D eigenvalue weighted by molar-refractivity contribution is 7.92. The van der Waals surface area contributed by atoms with Gasteiger partial charge in [0.2, 0.25) is 0 Å². The Labute approximate surface area is 213 Å². The molecule has 3 fully saturated rings. The van der Waals surface area contributed by atoms with E-state index in [1.54, 1.807) is 17.5 Å². The van der Waals surface area contributed by atoms with E-state index in [0.29, 0.717) is 59.0 Å². The van der Waals surface area contributed by atoms with E-state index in [1.807, 2.05) is 12.1 Å². The van der Waals surface area contributed by atoms with E-state index in [9.17, 15) is 22.8 Å². The number of nitrogens with zero attached hydrogens (tertiary/aromatic N) is 1. The van der Waals surface area contributed by atoms with Crippen molar-refractivity contribution in [1.82, 2.24) is 4.98 Å². The zero-order chi connectivity index (χ0) is 25.4.